The van der Waals surface area contributed by atoms with Crippen LogP contribution in [-0.4, -0.2) is 104 Å². The van der Waals surface area contributed by atoms with Crippen molar-refractivity contribution in [2.24, 2.45) is 5.73 Å². The number of hydrogen-bond acceptors (Lipinski definition) is 12. The largest absolute Gasteiger partial charge is 0.481 e. The molecule has 38 heavy (non-hydrogen) atoms. The number of fused-ring (bicyclic) bond motifs is 1. The van der Waals surface area contributed by atoms with Gasteiger partial charge >= 0.3 is 35.8 Å². The number of aliphatic hydroxyl groups is 2. The van der Waals surface area contributed by atoms with Crippen LogP contribution < -0.4 is 5.73 Å². The molecule has 0 bridgehead atoms. The van der Waals surface area contributed by atoms with E-state index in [0.717, 1.165) is 10.2 Å². The Morgan fingerprint density at radius 2 is 1.11 bits per heavy atom. The molecule has 10 N–H and O–H groups in total. The third-order valence-electron chi connectivity index (χ3n) is 4.01. The standard InChI is InChI=1S/C7H5N3OS.2C6H8O7/c8-7(11)5-1-4-6(12-5)2-9-3-10-4;2*7-3(8)1-6(13,5(11)12)2-4(9)10/h1-3H,(H2,8,11);2*13H,1-2H2,(H,7,8)(H,9,10)(H,11,12). The van der Waals surface area contributed by atoms with Crippen LogP contribution in [0.15, 0.2) is 18.6 Å². The van der Waals surface area contributed by atoms with Crippen LogP contribution in [0.2, 0.25) is 0 Å². The van der Waals surface area contributed by atoms with Crippen LogP contribution in [0, 0.1) is 0 Å². The third-order valence-corrected chi connectivity index (χ3v) is 5.08. The molecule has 0 aromatic carbocycles. The highest BCUT2D eigenvalue weighted by Crippen LogP contribution is 2.22. The lowest BCUT2D eigenvalue weighted by molar-refractivity contribution is -0.170. The van der Waals surface area contributed by atoms with E-state index in [1.54, 1.807) is 12.3 Å². The summed E-state index contributed by atoms with van der Waals surface area (Å²) >= 11 is 1.31. The molecule has 2 heterocycles. The van der Waals surface area contributed by atoms with Crippen molar-refractivity contribution in [3.63, 3.8) is 0 Å². The van der Waals surface area contributed by atoms with Gasteiger partial charge in [-0.25, -0.2) is 19.6 Å². The molecular weight excluding hydrogens is 542 g/mol. The zero-order valence-corrected chi connectivity index (χ0v) is 19.7. The van der Waals surface area contributed by atoms with Gasteiger partial charge in [0.15, 0.2) is 11.2 Å². The molecule has 0 spiro atoms. The average molecular weight is 563 g/mol. The zero-order chi connectivity index (χ0) is 29.8. The maximum Gasteiger partial charge on any atom is 0.336 e. The monoisotopic (exact) mass is 563 g/mol. The predicted molar refractivity (Wildman–Crippen MR) is 120 cm³/mol. The fraction of sp³-hybridized carbons (Fsp3) is 0.316. The lowest BCUT2D eigenvalue weighted by Crippen LogP contribution is -2.42. The minimum absolute atomic E-state index is 0.419. The number of primary amides is 1. The molecule has 18 nitrogen and oxygen atoms in total. The van der Waals surface area contributed by atoms with E-state index in [1.807, 2.05) is 0 Å². The number of rotatable bonds is 11. The van der Waals surface area contributed by atoms with E-state index >= 15 is 0 Å². The summed E-state index contributed by atoms with van der Waals surface area (Å²) < 4.78 is 0.881. The highest BCUT2D eigenvalue weighted by molar-refractivity contribution is 7.20. The smallest absolute Gasteiger partial charge is 0.336 e. The summed E-state index contributed by atoms with van der Waals surface area (Å²) in [6, 6.07) is 1.67. The van der Waals surface area contributed by atoms with Crippen molar-refractivity contribution in [3.05, 3.63) is 23.5 Å². The summed E-state index contributed by atoms with van der Waals surface area (Å²) in [6.45, 7) is 0. The van der Waals surface area contributed by atoms with Crippen molar-refractivity contribution in [2.75, 3.05) is 0 Å². The van der Waals surface area contributed by atoms with Crippen LogP contribution in [0.4, 0.5) is 0 Å². The zero-order valence-electron chi connectivity index (χ0n) is 18.9. The Kier molecular flexibility index (Phi) is 12.3. The lowest BCUT2D eigenvalue weighted by atomic mass is 9.96. The Balaban J connectivity index is 0.000000540. The first-order valence-corrected chi connectivity index (χ1v) is 10.4. The first kappa shape index (κ1) is 33.2. The molecule has 0 unspecified atom stereocenters. The van der Waals surface area contributed by atoms with Crippen molar-refractivity contribution in [1.29, 1.82) is 0 Å². The number of nitrogens with zero attached hydrogens (tertiary/aromatic N) is 2. The van der Waals surface area contributed by atoms with Gasteiger partial charge in [0.05, 0.1) is 40.8 Å². The van der Waals surface area contributed by atoms with Crippen molar-refractivity contribution < 1.29 is 74.4 Å². The molecule has 0 atom stereocenters. The van der Waals surface area contributed by atoms with E-state index in [1.165, 1.54) is 17.7 Å². The Morgan fingerprint density at radius 3 is 1.37 bits per heavy atom. The van der Waals surface area contributed by atoms with Crippen molar-refractivity contribution in [3.8, 4) is 0 Å². The Labute approximate surface area is 214 Å². The van der Waals surface area contributed by atoms with Gasteiger partial charge < -0.3 is 46.6 Å². The van der Waals surface area contributed by atoms with Gasteiger partial charge in [-0.3, -0.25) is 24.0 Å². The van der Waals surface area contributed by atoms with E-state index in [9.17, 15) is 33.6 Å². The molecule has 0 radical (unpaired) electrons. The van der Waals surface area contributed by atoms with Gasteiger partial charge in [-0.1, -0.05) is 0 Å². The summed E-state index contributed by atoms with van der Waals surface area (Å²) in [5, 5.41) is 67.6. The second-order valence-electron chi connectivity index (χ2n) is 7.20. The first-order chi connectivity index (χ1) is 17.3. The van der Waals surface area contributed by atoms with E-state index < -0.39 is 78.6 Å². The van der Waals surface area contributed by atoms with Crippen LogP contribution in [0.5, 0.6) is 0 Å². The highest BCUT2D eigenvalue weighted by atomic mass is 32.1. The van der Waals surface area contributed by atoms with E-state index in [4.69, 9.17) is 46.6 Å². The molecule has 0 aliphatic carbocycles. The second-order valence-corrected chi connectivity index (χ2v) is 8.29. The highest BCUT2D eigenvalue weighted by Gasteiger charge is 2.41. The quantitative estimate of drug-likeness (QED) is 0.147. The molecule has 2 aromatic heterocycles. The van der Waals surface area contributed by atoms with Crippen LogP contribution in [0.3, 0.4) is 0 Å². The van der Waals surface area contributed by atoms with Gasteiger partial charge in [0.25, 0.3) is 5.91 Å². The maximum absolute atomic E-state index is 10.8. The number of carbonyl (C=O) groups excluding carboxylic acids is 1. The number of thiophene rings is 1. The molecule has 2 rings (SSSR count). The maximum atomic E-state index is 10.8. The number of hydrogen-bond donors (Lipinski definition) is 9. The predicted octanol–water partition coefficient (Wildman–Crippen LogP) is -1.71. The molecule has 1 amide bonds. The van der Waals surface area contributed by atoms with Gasteiger partial charge in [-0.2, -0.15) is 0 Å². The van der Waals surface area contributed by atoms with Gasteiger partial charge in [-0.05, 0) is 6.07 Å². The average Bonchev–Trinajstić information content (AvgIpc) is 3.17. The summed E-state index contributed by atoms with van der Waals surface area (Å²) in [6.07, 6.45) is -1.47. The molecule has 2 aromatic rings. The van der Waals surface area contributed by atoms with E-state index in [0.29, 0.717) is 4.88 Å². The number of carboxylic acids is 6. The molecule has 0 aliphatic rings. The van der Waals surface area contributed by atoms with Crippen LogP contribution in [0.25, 0.3) is 10.2 Å². The Bertz CT molecular complexity index is 1110. The normalized spacial score (nSPS) is 10.7. The number of carboxylic acid groups (broad SMARTS) is 6. The van der Waals surface area contributed by atoms with Gasteiger partial charge in [0.1, 0.15) is 6.33 Å². The van der Waals surface area contributed by atoms with E-state index in [-0.39, 0.29) is 0 Å². The first-order valence-electron chi connectivity index (χ1n) is 9.61. The minimum Gasteiger partial charge on any atom is -0.481 e. The van der Waals surface area contributed by atoms with Crippen LogP contribution in [0.1, 0.15) is 35.4 Å². The number of nitrogens with two attached hydrogens (primary N) is 1. The third kappa shape index (κ3) is 11.3. The van der Waals surface area contributed by atoms with E-state index in [2.05, 4.69) is 9.97 Å². The lowest BCUT2D eigenvalue weighted by Gasteiger charge is -2.18. The fourth-order valence-electron chi connectivity index (χ4n) is 2.34. The molecule has 208 valence electrons. The van der Waals surface area contributed by atoms with Crippen LogP contribution >= 0.6 is 11.3 Å². The molecule has 0 saturated carbocycles. The van der Waals surface area contributed by atoms with Crippen molar-refractivity contribution in [2.45, 2.75) is 36.9 Å². The number of aromatic nitrogens is 2. The SMILES string of the molecule is NC(=O)c1cc2ncncc2s1.O=C(O)CC(O)(CC(=O)O)C(=O)O.O=C(O)CC(O)(CC(=O)O)C(=O)O. The van der Waals surface area contributed by atoms with Gasteiger partial charge in [-0.15, -0.1) is 11.3 Å². The number of amides is 1. The number of carbonyl (C=O) groups is 7. The molecule has 19 heteroatoms. The summed E-state index contributed by atoms with van der Waals surface area (Å²) in [7, 11) is 0. The summed E-state index contributed by atoms with van der Waals surface area (Å²) in [4.78, 5) is 80.1. The van der Waals surface area contributed by atoms with Crippen molar-refractivity contribution in [1.82, 2.24) is 9.97 Å². The van der Waals surface area contributed by atoms with Crippen molar-refractivity contribution >= 4 is 63.3 Å². The Morgan fingerprint density at radius 1 is 0.737 bits per heavy atom. The summed E-state index contributed by atoms with van der Waals surface area (Å²) in [5.41, 5.74) is 0.391. The van der Waals surface area contributed by atoms with Gasteiger partial charge in [0, 0.05) is 6.20 Å². The topological polar surface area (TPSA) is 333 Å². The van der Waals surface area contributed by atoms with Crippen LogP contribution in [-0.2, 0) is 28.8 Å². The molecular formula is C19H21N3O15S. The molecule has 0 saturated heterocycles. The second kappa shape index (κ2) is 14.1. The molecule has 0 aliphatic heterocycles. The molecule has 0 fully saturated rings. The summed E-state index contributed by atoms with van der Waals surface area (Å²) in [5.74, 6) is -10.5. The number of aliphatic carboxylic acids is 6. The fourth-order valence-corrected chi connectivity index (χ4v) is 3.17. The van der Waals surface area contributed by atoms with Gasteiger partial charge in [0.2, 0.25) is 0 Å². The Hall–Kier alpha value is -4.75. The minimum atomic E-state index is -2.74.